The van der Waals surface area contributed by atoms with E-state index in [1.165, 1.54) is 6.07 Å². The minimum atomic E-state index is -0.292. The number of hydrogen-bond acceptors (Lipinski definition) is 2. The summed E-state index contributed by atoms with van der Waals surface area (Å²) in [4.78, 5) is 16.3. The maximum Gasteiger partial charge on any atom is 0.221 e. The Labute approximate surface area is 150 Å². The van der Waals surface area contributed by atoms with E-state index >= 15 is 0 Å². The number of hydrogen-bond donors (Lipinski definition) is 3. The maximum atomic E-state index is 13.5. The average molecular weight is 350 g/mol. The van der Waals surface area contributed by atoms with Gasteiger partial charge >= 0.3 is 0 Å². The minimum absolute atomic E-state index is 0.0124. The molecule has 1 rings (SSSR count). The number of amides is 1. The highest BCUT2D eigenvalue weighted by Gasteiger charge is 2.21. The summed E-state index contributed by atoms with van der Waals surface area (Å²) in [5.74, 6) is 0.429. The van der Waals surface area contributed by atoms with Crippen LogP contribution in [0.2, 0.25) is 0 Å². The number of nitrogens with one attached hydrogen (secondary N) is 3. The number of benzene rings is 1. The van der Waals surface area contributed by atoms with Gasteiger partial charge in [-0.1, -0.05) is 26.0 Å². The van der Waals surface area contributed by atoms with Crippen molar-refractivity contribution in [2.75, 3.05) is 19.6 Å². The van der Waals surface area contributed by atoms with Crippen molar-refractivity contribution in [3.8, 4) is 0 Å². The van der Waals surface area contributed by atoms with Crippen LogP contribution < -0.4 is 16.0 Å². The molecule has 0 aliphatic heterocycles. The zero-order chi connectivity index (χ0) is 18.9. The molecular weight excluding hydrogens is 319 g/mol. The quantitative estimate of drug-likeness (QED) is 0.499. The number of guanidine groups is 1. The summed E-state index contributed by atoms with van der Waals surface area (Å²) in [6.45, 7) is 11.7. The van der Waals surface area contributed by atoms with Crippen molar-refractivity contribution < 1.29 is 9.18 Å². The highest BCUT2D eigenvalue weighted by Crippen LogP contribution is 2.24. The number of halogens is 1. The Bertz CT molecular complexity index is 585. The molecule has 0 saturated carbocycles. The number of nitrogens with zero attached hydrogens (tertiary/aromatic N) is 1. The van der Waals surface area contributed by atoms with Crippen LogP contribution >= 0.6 is 0 Å². The predicted octanol–water partition coefficient (Wildman–Crippen LogP) is 2.57. The van der Waals surface area contributed by atoms with Gasteiger partial charge in [-0.3, -0.25) is 9.79 Å². The Hall–Kier alpha value is -2.11. The normalized spacial score (nSPS) is 12.2. The van der Waals surface area contributed by atoms with Crippen LogP contribution in [-0.2, 0) is 10.2 Å². The lowest BCUT2D eigenvalue weighted by molar-refractivity contribution is -0.121. The topological polar surface area (TPSA) is 65.5 Å². The molecule has 25 heavy (non-hydrogen) atoms. The van der Waals surface area contributed by atoms with E-state index in [1.54, 1.807) is 12.1 Å². The molecule has 1 aromatic carbocycles. The fraction of sp³-hybridized carbons (Fsp3) is 0.579. The molecular formula is C19H31FN4O. The van der Waals surface area contributed by atoms with E-state index in [4.69, 9.17) is 0 Å². The molecule has 0 aliphatic rings. The van der Waals surface area contributed by atoms with E-state index in [9.17, 15) is 9.18 Å². The molecule has 1 aromatic rings. The first-order valence-corrected chi connectivity index (χ1v) is 8.82. The van der Waals surface area contributed by atoms with Gasteiger partial charge in [0.2, 0.25) is 5.91 Å². The Morgan fingerprint density at radius 2 is 2.00 bits per heavy atom. The number of rotatable bonds is 8. The second-order valence-electron chi connectivity index (χ2n) is 6.99. The molecule has 140 valence electrons. The molecule has 0 radical (unpaired) electrons. The van der Waals surface area contributed by atoms with Crippen molar-refractivity contribution in [2.24, 2.45) is 4.99 Å². The summed E-state index contributed by atoms with van der Waals surface area (Å²) >= 11 is 0. The van der Waals surface area contributed by atoms with E-state index in [-0.39, 0.29) is 23.2 Å². The van der Waals surface area contributed by atoms with Crippen molar-refractivity contribution >= 4 is 11.9 Å². The Kier molecular flexibility index (Phi) is 8.38. The van der Waals surface area contributed by atoms with Gasteiger partial charge in [0.1, 0.15) is 5.82 Å². The Morgan fingerprint density at radius 3 is 2.60 bits per heavy atom. The van der Waals surface area contributed by atoms with Crippen molar-refractivity contribution in [1.29, 1.82) is 0 Å². The highest BCUT2D eigenvalue weighted by molar-refractivity contribution is 5.81. The summed E-state index contributed by atoms with van der Waals surface area (Å²) in [6.07, 6.45) is 0.385. The van der Waals surface area contributed by atoms with E-state index in [1.807, 2.05) is 40.7 Å². The van der Waals surface area contributed by atoms with E-state index in [2.05, 4.69) is 20.9 Å². The standard InChI is InChI=1S/C19H31FN4O/c1-6-21-18(22-11-10-17(25)24-14(2)3)23-13-19(4,5)15-8-7-9-16(20)12-15/h7-9,12,14H,6,10-11,13H2,1-5H3,(H,24,25)(H2,21,22,23). The number of carbonyl (C=O) groups is 1. The molecule has 6 heteroatoms. The minimum Gasteiger partial charge on any atom is -0.357 e. The third-order valence-corrected chi connectivity index (χ3v) is 3.68. The van der Waals surface area contributed by atoms with Gasteiger partial charge in [0.05, 0.1) is 6.54 Å². The largest absolute Gasteiger partial charge is 0.357 e. The van der Waals surface area contributed by atoms with Gasteiger partial charge in [0.15, 0.2) is 5.96 Å². The summed E-state index contributed by atoms with van der Waals surface area (Å²) in [6, 6.07) is 6.76. The molecule has 0 atom stereocenters. The van der Waals surface area contributed by atoms with Crippen LogP contribution in [0.5, 0.6) is 0 Å². The lowest BCUT2D eigenvalue weighted by Gasteiger charge is -2.24. The fourth-order valence-electron chi connectivity index (χ4n) is 2.31. The number of aliphatic imine (C=N–C) groups is 1. The van der Waals surface area contributed by atoms with Crippen molar-refractivity contribution in [3.05, 3.63) is 35.6 Å². The van der Waals surface area contributed by atoms with Crippen LogP contribution in [0.25, 0.3) is 0 Å². The monoisotopic (exact) mass is 350 g/mol. The van der Waals surface area contributed by atoms with Gasteiger partial charge in [0, 0.05) is 31.0 Å². The summed E-state index contributed by atoms with van der Waals surface area (Å²) in [5.41, 5.74) is 0.614. The molecule has 5 nitrogen and oxygen atoms in total. The summed E-state index contributed by atoms with van der Waals surface area (Å²) < 4.78 is 13.5. The predicted molar refractivity (Wildman–Crippen MR) is 101 cm³/mol. The van der Waals surface area contributed by atoms with E-state index in [0.29, 0.717) is 25.5 Å². The molecule has 1 amide bonds. The molecule has 0 spiro atoms. The van der Waals surface area contributed by atoms with E-state index < -0.39 is 0 Å². The van der Waals surface area contributed by atoms with Crippen LogP contribution in [0, 0.1) is 5.82 Å². The van der Waals surface area contributed by atoms with Gasteiger partial charge in [-0.25, -0.2) is 4.39 Å². The molecule has 0 heterocycles. The fourth-order valence-corrected chi connectivity index (χ4v) is 2.31. The van der Waals surface area contributed by atoms with Crippen LogP contribution in [-0.4, -0.2) is 37.5 Å². The van der Waals surface area contributed by atoms with E-state index in [0.717, 1.165) is 12.1 Å². The van der Waals surface area contributed by atoms with Crippen molar-refractivity contribution in [2.45, 2.75) is 52.5 Å². The van der Waals surface area contributed by atoms with Crippen LogP contribution in [0.15, 0.2) is 29.3 Å². The second-order valence-corrected chi connectivity index (χ2v) is 6.99. The van der Waals surface area contributed by atoms with Crippen molar-refractivity contribution in [3.63, 3.8) is 0 Å². The average Bonchev–Trinajstić information content (AvgIpc) is 2.52. The smallest absolute Gasteiger partial charge is 0.221 e. The van der Waals surface area contributed by atoms with Crippen LogP contribution in [0.4, 0.5) is 4.39 Å². The maximum absolute atomic E-state index is 13.5. The first-order chi connectivity index (χ1) is 11.7. The first kappa shape index (κ1) is 20.9. The van der Waals surface area contributed by atoms with Gasteiger partial charge in [-0.2, -0.15) is 0 Å². The zero-order valence-corrected chi connectivity index (χ0v) is 15.9. The first-order valence-electron chi connectivity index (χ1n) is 8.82. The van der Waals surface area contributed by atoms with Gasteiger partial charge in [-0.05, 0) is 38.5 Å². The Morgan fingerprint density at radius 1 is 1.28 bits per heavy atom. The number of carbonyl (C=O) groups excluding carboxylic acids is 1. The van der Waals surface area contributed by atoms with Gasteiger partial charge in [-0.15, -0.1) is 0 Å². The summed E-state index contributed by atoms with van der Waals surface area (Å²) in [7, 11) is 0. The van der Waals surface area contributed by atoms with Gasteiger partial charge < -0.3 is 16.0 Å². The molecule has 0 saturated heterocycles. The molecule has 0 aromatic heterocycles. The highest BCUT2D eigenvalue weighted by atomic mass is 19.1. The van der Waals surface area contributed by atoms with Gasteiger partial charge in [0.25, 0.3) is 0 Å². The third-order valence-electron chi connectivity index (χ3n) is 3.68. The zero-order valence-electron chi connectivity index (χ0n) is 15.9. The van der Waals surface area contributed by atoms with Crippen molar-refractivity contribution in [1.82, 2.24) is 16.0 Å². The lowest BCUT2D eigenvalue weighted by Crippen LogP contribution is -2.40. The van der Waals surface area contributed by atoms with Crippen LogP contribution in [0.1, 0.15) is 46.6 Å². The second kappa shape index (κ2) is 10.0. The lowest BCUT2D eigenvalue weighted by atomic mass is 9.85. The SMILES string of the molecule is CCNC(=NCC(C)(C)c1cccc(F)c1)NCCC(=O)NC(C)C. The van der Waals surface area contributed by atoms with Crippen LogP contribution in [0.3, 0.4) is 0 Å². The molecule has 0 bridgehead atoms. The summed E-state index contributed by atoms with van der Waals surface area (Å²) in [5, 5.41) is 9.19. The Balaban J connectivity index is 2.63. The molecule has 0 fully saturated rings. The molecule has 3 N–H and O–H groups in total. The molecule has 0 unspecified atom stereocenters. The molecule has 0 aliphatic carbocycles. The third kappa shape index (κ3) is 8.01.